The fourth-order valence-corrected chi connectivity index (χ4v) is 5.39. The molecular formula is C26H23F2N5O. The molecule has 0 saturated carbocycles. The van der Waals surface area contributed by atoms with Gasteiger partial charge in [-0.1, -0.05) is 6.07 Å². The number of fused-ring (bicyclic) bond motifs is 7. The summed E-state index contributed by atoms with van der Waals surface area (Å²) in [5.41, 5.74) is 12.2. The molecule has 0 saturated heterocycles. The predicted molar refractivity (Wildman–Crippen MR) is 124 cm³/mol. The highest BCUT2D eigenvalue weighted by atomic mass is 19.1. The zero-order valence-electron chi connectivity index (χ0n) is 18.8. The van der Waals surface area contributed by atoms with E-state index in [9.17, 15) is 4.39 Å². The molecule has 1 aliphatic carbocycles. The van der Waals surface area contributed by atoms with Crippen molar-refractivity contribution < 1.29 is 13.5 Å². The molecule has 34 heavy (non-hydrogen) atoms. The number of anilines is 1. The lowest BCUT2D eigenvalue weighted by Gasteiger charge is -2.24. The summed E-state index contributed by atoms with van der Waals surface area (Å²) in [5.74, 6) is -0.359. The van der Waals surface area contributed by atoms with Crippen LogP contribution in [0.15, 0.2) is 42.9 Å². The number of pyridine rings is 2. The topological polar surface area (TPSA) is 78.9 Å². The fourth-order valence-electron chi connectivity index (χ4n) is 5.39. The number of nitrogens with zero attached hydrogens (tertiary/aromatic N) is 4. The van der Waals surface area contributed by atoms with Crippen molar-refractivity contribution in [2.45, 2.75) is 45.3 Å². The molecule has 4 aromatic rings. The number of hydrogen-bond acceptors (Lipinski definition) is 5. The molecule has 1 aliphatic heterocycles. The van der Waals surface area contributed by atoms with Crippen molar-refractivity contribution in [3.8, 4) is 28.1 Å². The number of ether oxygens (including phenoxy) is 1. The van der Waals surface area contributed by atoms with Gasteiger partial charge in [-0.2, -0.15) is 5.10 Å². The van der Waals surface area contributed by atoms with Crippen LogP contribution in [0.25, 0.3) is 22.4 Å². The van der Waals surface area contributed by atoms with Gasteiger partial charge in [0.2, 0.25) is 0 Å². The van der Waals surface area contributed by atoms with Gasteiger partial charge in [0.05, 0.1) is 17.6 Å². The van der Waals surface area contributed by atoms with Crippen LogP contribution in [-0.2, 0) is 13.0 Å². The molecule has 0 spiro atoms. The first-order valence-corrected chi connectivity index (χ1v) is 11.4. The fraction of sp³-hybridized carbons (Fsp3) is 0.269. The average molecular weight is 460 g/mol. The summed E-state index contributed by atoms with van der Waals surface area (Å²) in [6.07, 6.45) is 5.49. The summed E-state index contributed by atoms with van der Waals surface area (Å²) >= 11 is 0. The van der Waals surface area contributed by atoms with Crippen molar-refractivity contribution in [1.29, 1.82) is 0 Å². The smallest absolute Gasteiger partial charge is 0.166 e. The lowest BCUT2D eigenvalue weighted by atomic mass is 9.84. The van der Waals surface area contributed by atoms with E-state index in [4.69, 9.17) is 15.6 Å². The molecule has 2 bridgehead atoms. The summed E-state index contributed by atoms with van der Waals surface area (Å²) < 4.78 is 38.1. The Kier molecular flexibility index (Phi) is 4.65. The van der Waals surface area contributed by atoms with Crippen molar-refractivity contribution in [2.24, 2.45) is 0 Å². The minimum Gasteiger partial charge on any atom is -0.482 e. The normalized spacial score (nSPS) is 18.2. The van der Waals surface area contributed by atoms with Crippen LogP contribution in [0, 0.1) is 11.6 Å². The number of hydrogen-bond donors (Lipinski definition) is 1. The van der Waals surface area contributed by atoms with E-state index in [1.807, 2.05) is 24.6 Å². The van der Waals surface area contributed by atoms with Crippen molar-refractivity contribution in [1.82, 2.24) is 19.7 Å². The van der Waals surface area contributed by atoms with Crippen LogP contribution in [0.3, 0.4) is 0 Å². The summed E-state index contributed by atoms with van der Waals surface area (Å²) in [4.78, 5) is 8.53. The van der Waals surface area contributed by atoms with Crippen LogP contribution < -0.4 is 10.5 Å². The molecule has 0 amide bonds. The minimum atomic E-state index is -0.574. The first kappa shape index (κ1) is 20.8. The molecular weight excluding hydrogens is 436 g/mol. The molecule has 0 radical (unpaired) electrons. The second-order valence-corrected chi connectivity index (χ2v) is 8.80. The number of rotatable bonds is 1. The van der Waals surface area contributed by atoms with Crippen LogP contribution in [0.5, 0.6) is 5.75 Å². The molecule has 4 heterocycles. The third-order valence-corrected chi connectivity index (χ3v) is 6.87. The van der Waals surface area contributed by atoms with E-state index in [1.54, 1.807) is 18.5 Å². The van der Waals surface area contributed by atoms with Gasteiger partial charge in [-0.05, 0) is 50.5 Å². The van der Waals surface area contributed by atoms with Gasteiger partial charge in [-0.25, -0.2) is 13.8 Å². The van der Waals surface area contributed by atoms with Gasteiger partial charge < -0.3 is 10.5 Å². The highest BCUT2D eigenvalue weighted by Crippen LogP contribution is 2.48. The maximum absolute atomic E-state index is 15.6. The Hall–Kier alpha value is -3.81. The SMILES string of the molecule is CCn1nc2c3c1-c1cnc(N)c(c1)O[C@H](C)c1cc(F)ccc1-c1cncc(F)c1C3CC2. The number of nitrogens with two attached hydrogens (primary N) is 1. The van der Waals surface area contributed by atoms with Gasteiger partial charge in [0.1, 0.15) is 17.7 Å². The number of nitrogen functional groups attached to an aromatic ring is 1. The van der Waals surface area contributed by atoms with Gasteiger partial charge in [-0.3, -0.25) is 9.67 Å². The van der Waals surface area contributed by atoms with Gasteiger partial charge in [-0.15, -0.1) is 0 Å². The van der Waals surface area contributed by atoms with Crippen LogP contribution in [0.2, 0.25) is 0 Å². The monoisotopic (exact) mass is 459 g/mol. The van der Waals surface area contributed by atoms with Crippen molar-refractivity contribution >= 4 is 5.82 Å². The number of aromatic nitrogens is 4. The van der Waals surface area contributed by atoms with Crippen molar-refractivity contribution in [3.63, 3.8) is 0 Å². The van der Waals surface area contributed by atoms with Crippen LogP contribution >= 0.6 is 0 Å². The highest BCUT2D eigenvalue weighted by Gasteiger charge is 2.36. The Morgan fingerprint density at radius 1 is 1.12 bits per heavy atom. The van der Waals surface area contributed by atoms with Crippen LogP contribution in [0.1, 0.15) is 54.7 Å². The summed E-state index contributed by atoms with van der Waals surface area (Å²) in [6, 6.07) is 6.32. The summed E-state index contributed by atoms with van der Waals surface area (Å²) in [5, 5.41) is 4.84. The molecule has 2 aliphatic rings. The number of benzene rings is 1. The minimum absolute atomic E-state index is 0.224. The Morgan fingerprint density at radius 3 is 2.79 bits per heavy atom. The number of aryl methyl sites for hydroxylation is 2. The van der Waals surface area contributed by atoms with E-state index >= 15 is 4.39 Å². The van der Waals surface area contributed by atoms with Gasteiger partial charge in [0, 0.05) is 52.7 Å². The molecule has 6 rings (SSSR count). The van der Waals surface area contributed by atoms with Gasteiger partial charge >= 0.3 is 0 Å². The van der Waals surface area contributed by atoms with Gasteiger partial charge in [0.15, 0.2) is 11.6 Å². The second-order valence-electron chi connectivity index (χ2n) is 8.80. The molecule has 172 valence electrons. The quantitative estimate of drug-likeness (QED) is 0.411. The Bertz CT molecular complexity index is 1450. The first-order chi connectivity index (χ1) is 16.5. The lowest BCUT2D eigenvalue weighted by Crippen LogP contribution is -2.12. The Labute approximate surface area is 195 Å². The maximum Gasteiger partial charge on any atom is 0.166 e. The van der Waals surface area contributed by atoms with Crippen molar-refractivity contribution in [3.05, 3.63) is 76.9 Å². The van der Waals surface area contributed by atoms with E-state index in [0.29, 0.717) is 34.5 Å². The Morgan fingerprint density at radius 2 is 1.97 bits per heavy atom. The second kappa shape index (κ2) is 7.62. The van der Waals surface area contributed by atoms with E-state index in [-0.39, 0.29) is 17.6 Å². The standard InChI is InChI=1S/C26H23F2N5O/c1-3-33-25-14-8-22(26(29)31-10-14)34-13(2)18-9-15(27)4-5-16(18)19-11-30-12-20(28)23(19)17-6-7-21(32-33)24(17)25/h4-5,8-13,17H,3,6-7H2,1-2H3,(H2,29,31)/t13-,17?/m1/s1. The molecule has 2 N–H and O–H groups in total. The maximum atomic E-state index is 15.6. The van der Waals surface area contributed by atoms with E-state index in [1.165, 1.54) is 18.3 Å². The van der Waals surface area contributed by atoms with Crippen molar-refractivity contribution in [2.75, 3.05) is 5.73 Å². The van der Waals surface area contributed by atoms with E-state index in [2.05, 4.69) is 9.97 Å². The third kappa shape index (κ3) is 3.01. The zero-order valence-corrected chi connectivity index (χ0v) is 18.8. The third-order valence-electron chi connectivity index (χ3n) is 6.87. The van der Waals surface area contributed by atoms with E-state index < -0.39 is 11.9 Å². The van der Waals surface area contributed by atoms with Crippen LogP contribution in [0.4, 0.5) is 14.6 Å². The van der Waals surface area contributed by atoms with E-state index in [0.717, 1.165) is 35.4 Å². The first-order valence-electron chi connectivity index (χ1n) is 11.4. The lowest BCUT2D eigenvalue weighted by molar-refractivity contribution is 0.227. The Balaban J connectivity index is 1.73. The number of halogens is 2. The highest BCUT2D eigenvalue weighted by molar-refractivity contribution is 5.76. The molecule has 1 unspecified atom stereocenters. The van der Waals surface area contributed by atoms with Gasteiger partial charge in [0.25, 0.3) is 0 Å². The summed E-state index contributed by atoms with van der Waals surface area (Å²) in [6.45, 7) is 4.50. The zero-order chi connectivity index (χ0) is 23.6. The molecule has 6 nitrogen and oxygen atoms in total. The average Bonchev–Trinajstić information content (AvgIpc) is 3.39. The molecule has 1 aromatic carbocycles. The molecule has 8 heteroatoms. The molecule has 0 fully saturated rings. The van der Waals surface area contributed by atoms with Crippen LogP contribution in [-0.4, -0.2) is 19.7 Å². The summed E-state index contributed by atoms with van der Waals surface area (Å²) in [7, 11) is 0. The largest absolute Gasteiger partial charge is 0.482 e. The predicted octanol–water partition coefficient (Wildman–Crippen LogP) is 5.42. The molecule has 3 aromatic heterocycles. The molecule has 2 atom stereocenters.